The largest absolute Gasteiger partial charge is 0.461 e. The van der Waals surface area contributed by atoms with E-state index >= 15 is 0 Å². The fourth-order valence-electron chi connectivity index (χ4n) is 2.08. The van der Waals surface area contributed by atoms with Gasteiger partial charge in [0.1, 0.15) is 0 Å². The Bertz CT molecular complexity index is 497. The van der Waals surface area contributed by atoms with E-state index < -0.39 is 0 Å². The molecule has 2 nitrogen and oxygen atoms in total. The molecule has 0 aliphatic heterocycles. The van der Waals surface area contributed by atoms with E-state index in [0.717, 1.165) is 12.0 Å². The zero-order chi connectivity index (χ0) is 10.3. The van der Waals surface area contributed by atoms with Crippen LogP contribution in [0.5, 0.6) is 0 Å². The lowest BCUT2D eigenvalue weighted by Gasteiger charge is -2.27. The molecule has 1 atom stereocenters. The van der Waals surface area contributed by atoms with E-state index in [1.807, 2.05) is 18.2 Å². The van der Waals surface area contributed by atoms with Gasteiger partial charge in [0.2, 0.25) is 5.78 Å². The molecule has 1 unspecified atom stereocenters. The van der Waals surface area contributed by atoms with E-state index in [2.05, 4.69) is 6.07 Å². The minimum absolute atomic E-state index is 0.00681. The van der Waals surface area contributed by atoms with E-state index in [-0.39, 0.29) is 11.7 Å². The predicted molar refractivity (Wildman–Crippen MR) is 55.9 cm³/mol. The number of benzene rings is 1. The van der Waals surface area contributed by atoms with E-state index in [1.54, 1.807) is 12.1 Å². The Balaban J connectivity index is 1.91. The summed E-state index contributed by atoms with van der Waals surface area (Å²) in [6.45, 7) is 0. The Morgan fingerprint density at radius 2 is 2.07 bits per heavy atom. The first-order valence-electron chi connectivity index (χ1n) is 5.02. The quantitative estimate of drug-likeness (QED) is 0.694. The van der Waals surface area contributed by atoms with Gasteiger partial charge in [-0.05, 0) is 29.7 Å². The second-order valence-electron chi connectivity index (χ2n) is 3.80. The highest BCUT2D eigenvalue weighted by Crippen LogP contribution is 2.37. The van der Waals surface area contributed by atoms with Crippen LogP contribution in [-0.4, -0.2) is 5.78 Å². The number of hydrogen-bond donors (Lipinski definition) is 0. The summed E-state index contributed by atoms with van der Waals surface area (Å²) in [5.41, 5.74) is 2.43. The molecule has 0 N–H and O–H groups in total. The van der Waals surface area contributed by atoms with Gasteiger partial charge in [-0.2, -0.15) is 0 Å². The van der Waals surface area contributed by atoms with Crippen LogP contribution in [-0.2, 0) is 6.42 Å². The highest BCUT2D eigenvalue weighted by molar-refractivity contribution is 6.00. The third kappa shape index (κ3) is 1.22. The van der Waals surface area contributed by atoms with Crippen LogP contribution < -0.4 is 0 Å². The van der Waals surface area contributed by atoms with Crippen LogP contribution in [0.1, 0.15) is 27.6 Å². The van der Waals surface area contributed by atoms with Gasteiger partial charge in [0.25, 0.3) is 0 Å². The first kappa shape index (κ1) is 8.48. The normalized spacial score (nSPS) is 18.0. The molecule has 1 aliphatic carbocycles. The maximum atomic E-state index is 12.0. The molecule has 2 heteroatoms. The number of carbonyl (C=O) groups excluding carboxylic acids is 1. The summed E-state index contributed by atoms with van der Waals surface area (Å²) in [6, 6.07) is 11.5. The third-order valence-corrected chi connectivity index (χ3v) is 2.94. The van der Waals surface area contributed by atoms with Crippen molar-refractivity contribution in [3.8, 4) is 0 Å². The lowest BCUT2D eigenvalue weighted by molar-refractivity contribution is 0.0921. The number of hydrogen-bond acceptors (Lipinski definition) is 2. The molecule has 15 heavy (non-hydrogen) atoms. The van der Waals surface area contributed by atoms with E-state index in [1.165, 1.54) is 11.8 Å². The standard InChI is InChI=1S/C13H10O2/c14-13(12-6-3-7-15-12)11-8-9-4-1-2-5-10(9)11/h1-7,11H,8H2. The highest BCUT2D eigenvalue weighted by Gasteiger charge is 2.33. The molecule has 1 heterocycles. The Kier molecular flexibility index (Phi) is 1.75. The van der Waals surface area contributed by atoms with Gasteiger partial charge < -0.3 is 4.42 Å². The van der Waals surface area contributed by atoms with Crippen LogP contribution in [0.25, 0.3) is 0 Å². The van der Waals surface area contributed by atoms with E-state index in [9.17, 15) is 4.79 Å². The average Bonchev–Trinajstić information content (AvgIpc) is 2.72. The average molecular weight is 198 g/mol. The SMILES string of the molecule is O=C(c1ccco1)C1Cc2ccccc21. The topological polar surface area (TPSA) is 30.2 Å². The zero-order valence-corrected chi connectivity index (χ0v) is 8.14. The van der Waals surface area contributed by atoms with Crippen molar-refractivity contribution in [1.82, 2.24) is 0 Å². The Morgan fingerprint density at radius 1 is 1.20 bits per heavy atom. The highest BCUT2D eigenvalue weighted by atomic mass is 16.3. The van der Waals surface area contributed by atoms with Crippen LogP contribution in [0.15, 0.2) is 47.1 Å². The Morgan fingerprint density at radius 3 is 2.80 bits per heavy atom. The smallest absolute Gasteiger partial charge is 0.205 e. The maximum absolute atomic E-state index is 12.0. The van der Waals surface area contributed by atoms with Crippen molar-refractivity contribution in [2.45, 2.75) is 12.3 Å². The number of ketones is 1. The molecule has 1 aromatic carbocycles. The Labute approximate surface area is 87.5 Å². The maximum Gasteiger partial charge on any atom is 0.205 e. The molecule has 0 saturated carbocycles. The number of furan rings is 1. The fraction of sp³-hybridized carbons (Fsp3) is 0.154. The van der Waals surface area contributed by atoms with Crippen LogP contribution in [0, 0.1) is 0 Å². The molecule has 0 fully saturated rings. The summed E-state index contributed by atoms with van der Waals surface area (Å²) in [5, 5.41) is 0. The van der Waals surface area contributed by atoms with Gasteiger partial charge in [0, 0.05) is 0 Å². The van der Waals surface area contributed by atoms with E-state index in [4.69, 9.17) is 4.42 Å². The van der Waals surface area contributed by atoms with Gasteiger partial charge in [-0.3, -0.25) is 4.79 Å². The lowest BCUT2D eigenvalue weighted by Crippen LogP contribution is -2.24. The van der Waals surface area contributed by atoms with Crippen molar-refractivity contribution in [3.05, 3.63) is 59.5 Å². The molecular formula is C13H10O2. The molecular weight excluding hydrogens is 188 g/mol. The molecule has 0 amide bonds. The van der Waals surface area contributed by atoms with Crippen LogP contribution >= 0.6 is 0 Å². The third-order valence-electron chi connectivity index (χ3n) is 2.94. The van der Waals surface area contributed by atoms with E-state index in [0.29, 0.717) is 5.76 Å². The summed E-state index contributed by atoms with van der Waals surface area (Å²) in [4.78, 5) is 12.0. The molecule has 1 aromatic heterocycles. The minimum atomic E-state index is 0.00681. The first-order chi connectivity index (χ1) is 7.36. The van der Waals surface area contributed by atoms with Crippen LogP contribution in [0.4, 0.5) is 0 Å². The van der Waals surface area contributed by atoms with Crippen molar-refractivity contribution in [3.63, 3.8) is 0 Å². The summed E-state index contributed by atoms with van der Waals surface area (Å²) < 4.78 is 5.12. The minimum Gasteiger partial charge on any atom is -0.461 e. The lowest BCUT2D eigenvalue weighted by atomic mass is 9.75. The van der Waals surface area contributed by atoms with Crippen molar-refractivity contribution >= 4 is 5.78 Å². The molecule has 1 aliphatic rings. The fourth-order valence-corrected chi connectivity index (χ4v) is 2.08. The molecule has 0 spiro atoms. The van der Waals surface area contributed by atoms with Crippen LogP contribution in [0.3, 0.4) is 0 Å². The molecule has 74 valence electrons. The summed E-state index contributed by atoms with van der Waals surface area (Å²) in [7, 11) is 0. The van der Waals surface area contributed by atoms with Crippen molar-refractivity contribution in [1.29, 1.82) is 0 Å². The first-order valence-corrected chi connectivity index (χ1v) is 5.02. The van der Waals surface area contributed by atoms with Crippen LogP contribution in [0.2, 0.25) is 0 Å². The van der Waals surface area contributed by atoms with Gasteiger partial charge in [0.05, 0.1) is 12.2 Å². The van der Waals surface area contributed by atoms with Crippen molar-refractivity contribution < 1.29 is 9.21 Å². The zero-order valence-electron chi connectivity index (χ0n) is 8.14. The molecule has 0 saturated heterocycles. The van der Waals surface area contributed by atoms with Gasteiger partial charge in [0.15, 0.2) is 5.76 Å². The second kappa shape index (κ2) is 3.09. The van der Waals surface area contributed by atoms with Gasteiger partial charge in [-0.1, -0.05) is 24.3 Å². The molecule has 0 radical (unpaired) electrons. The van der Waals surface area contributed by atoms with Gasteiger partial charge in [-0.15, -0.1) is 0 Å². The molecule has 0 bridgehead atoms. The second-order valence-corrected chi connectivity index (χ2v) is 3.80. The van der Waals surface area contributed by atoms with Gasteiger partial charge >= 0.3 is 0 Å². The summed E-state index contributed by atoms with van der Waals surface area (Å²) >= 11 is 0. The number of Topliss-reactive ketones (excluding diaryl/α,β-unsaturated/α-hetero) is 1. The molecule has 3 rings (SSSR count). The summed E-state index contributed by atoms with van der Waals surface area (Å²) in [5.74, 6) is 0.570. The van der Waals surface area contributed by atoms with Crippen molar-refractivity contribution in [2.75, 3.05) is 0 Å². The molecule has 2 aromatic rings. The summed E-state index contributed by atoms with van der Waals surface area (Å²) in [6.07, 6.45) is 2.38. The Hall–Kier alpha value is -1.83. The monoisotopic (exact) mass is 198 g/mol. The number of carbonyl (C=O) groups is 1. The number of rotatable bonds is 2. The van der Waals surface area contributed by atoms with Crippen molar-refractivity contribution in [2.24, 2.45) is 0 Å². The number of fused-ring (bicyclic) bond motifs is 1. The predicted octanol–water partition coefficient (Wildman–Crippen LogP) is 2.80. The van der Waals surface area contributed by atoms with Gasteiger partial charge in [-0.25, -0.2) is 0 Å².